The number of nitro benzene ring substituents is 1. The molecule has 2 aliphatic carbocycles. The molecule has 25 heavy (non-hydrogen) atoms. The summed E-state index contributed by atoms with van der Waals surface area (Å²) in [6, 6.07) is 15.2. The molecule has 2 aromatic rings. The molecule has 2 aromatic carbocycles. The Hall–Kier alpha value is -2.69. The summed E-state index contributed by atoms with van der Waals surface area (Å²) in [5.41, 5.74) is 3.51. The van der Waals surface area contributed by atoms with Crippen LogP contribution in [0.3, 0.4) is 0 Å². The van der Waals surface area contributed by atoms with Crippen LogP contribution in [0.25, 0.3) is 0 Å². The number of aryl methyl sites for hydroxylation is 1. The van der Waals surface area contributed by atoms with Gasteiger partial charge in [0.05, 0.1) is 17.4 Å². The fourth-order valence-electron chi connectivity index (χ4n) is 3.81. The molecule has 2 aliphatic rings. The highest BCUT2D eigenvalue weighted by Crippen LogP contribution is 2.42. The molecular formula is C20H20N2O3. The molecule has 1 fully saturated rings. The van der Waals surface area contributed by atoms with Crippen LogP contribution >= 0.6 is 0 Å². The first kappa shape index (κ1) is 15.8. The molecule has 1 atom stereocenters. The van der Waals surface area contributed by atoms with Crippen LogP contribution in [0.5, 0.6) is 0 Å². The van der Waals surface area contributed by atoms with Crippen molar-refractivity contribution in [1.82, 2.24) is 4.90 Å². The van der Waals surface area contributed by atoms with Crippen LogP contribution in [0.2, 0.25) is 0 Å². The van der Waals surface area contributed by atoms with Crippen molar-refractivity contribution in [3.8, 4) is 0 Å². The van der Waals surface area contributed by atoms with Gasteiger partial charge in [-0.15, -0.1) is 0 Å². The van der Waals surface area contributed by atoms with Gasteiger partial charge < -0.3 is 4.90 Å². The zero-order valence-electron chi connectivity index (χ0n) is 13.9. The number of amides is 1. The summed E-state index contributed by atoms with van der Waals surface area (Å²) in [4.78, 5) is 25.4. The van der Waals surface area contributed by atoms with E-state index in [1.54, 1.807) is 12.1 Å². The third-order valence-electron chi connectivity index (χ3n) is 5.17. The Balaban J connectivity index is 1.53. The number of nitrogens with zero attached hydrogens (tertiary/aromatic N) is 2. The topological polar surface area (TPSA) is 63.4 Å². The highest BCUT2D eigenvalue weighted by atomic mass is 16.6. The maximum absolute atomic E-state index is 13.0. The van der Waals surface area contributed by atoms with Gasteiger partial charge in [0.1, 0.15) is 0 Å². The average molecular weight is 336 g/mol. The summed E-state index contributed by atoms with van der Waals surface area (Å²) in [6.07, 6.45) is 4.46. The van der Waals surface area contributed by atoms with Crippen molar-refractivity contribution in [3.05, 3.63) is 75.3 Å². The molecule has 0 radical (unpaired) electrons. The van der Waals surface area contributed by atoms with Crippen LogP contribution in [0, 0.1) is 10.1 Å². The van der Waals surface area contributed by atoms with Gasteiger partial charge in [-0.2, -0.15) is 0 Å². The van der Waals surface area contributed by atoms with Crippen molar-refractivity contribution in [2.45, 2.75) is 44.2 Å². The highest BCUT2D eigenvalue weighted by molar-refractivity contribution is 5.80. The fraction of sp³-hybridized carbons (Fsp3) is 0.350. The van der Waals surface area contributed by atoms with Crippen LogP contribution in [0.1, 0.15) is 42.0 Å². The van der Waals surface area contributed by atoms with Gasteiger partial charge in [0.2, 0.25) is 5.91 Å². The number of carbonyl (C=O) groups is 1. The van der Waals surface area contributed by atoms with E-state index in [0.29, 0.717) is 12.5 Å². The van der Waals surface area contributed by atoms with E-state index in [4.69, 9.17) is 0 Å². The molecule has 5 nitrogen and oxygen atoms in total. The lowest BCUT2D eigenvalue weighted by atomic mass is 10.0. The number of benzene rings is 2. The third-order valence-corrected chi connectivity index (χ3v) is 5.17. The zero-order chi connectivity index (χ0) is 17.4. The van der Waals surface area contributed by atoms with Gasteiger partial charge in [-0.1, -0.05) is 36.4 Å². The predicted molar refractivity (Wildman–Crippen MR) is 94.2 cm³/mol. The molecule has 0 spiro atoms. The molecule has 1 unspecified atom stereocenters. The Kier molecular flexibility index (Phi) is 3.99. The summed E-state index contributed by atoms with van der Waals surface area (Å²) in [6.45, 7) is 0. The maximum Gasteiger partial charge on any atom is 0.269 e. The van der Waals surface area contributed by atoms with Gasteiger partial charge in [-0.05, 0) is 42.4 Å². The Labute approximate surface area is 146 Å². The first-order valence-corrected chi connectivity index (χ1v) is 8.76. The van der Waals surface area contributed by atoms with Crippen molar-refractivity contribution in [2.75, 3.05) is 0 Å². The Bertz CT molecular complexity index is 812. The number of nitro groups is 1. The quantitative estimate of drug-likeness (QED) is 0.616. The summed E-state index contributed by atoms with van der Waals surface area (Å²) in [5.74, 6) is 0.123. The second kappa shape index (κ2) is 6.31. The van der Waals surface area contributed by atoms with E-state index in [1.165, 1.54) is 23.3 Å². The maximum atomic E-state index is 13.0. The lowest BCUT2D eigenvalue weighted by Crippen LogP contribution is -2.37. The molecule has 1 amide bonds. The number of hydrogen-bond donors (Lipinski definition) is 0. The lowest BCUT2D eigenvalue weighted by Gasteiger charge is -2.30. The van der Waals surface area contributed by atoms with Gasteiger partial charge in [0.25, 0.3) is 5.69 Å². The molecule has 1 saturated carbocycles. The second-order valence-corrected chi connectivity index (χ2v) is 6.89. The van der Waals surface area contributed by atoms with Crippen LogP contribution in [-0.2, 0) is 17.6 Å². The van der Waals surface area contributed by atoms with Crippen LogP contribution in [-0.4, -0.2) is 21.8 Å². The third kappa shape index (κ3) is 3.14. The molecule has 128 valence electrons. The standard InChI is InChI=1S/C20H20N2O3/c23-20(13-14-5-8-17(9-6-14)22(24)25)21(16-10-11-16)19-12-7-15-3-1-2-4-18(15)19/h1-6,8-9,16,19H,7,10-13H2. The van der Waals surface area contributed by atoms with Gasteiger partial charge in [-0.3, -0.25) is 14.9 Å². The number of rotatable bonds is 5. The SMILES string of the molecule is O=C(Cc1ccc([N+](=O)[O-])cc1)N(C1CC1)C1CCc2ccccc21. The molecule has 0 aliphatic heterocycles. The first-order valence-electron chi connectivity index (χ1n) is 8.76. The number of hydrogen-bond acceptors (Lipinski definition) is 3. The molecule has 0 aromatic heterocycles. The normalized spacial score (nSPS) is 18.6. The second-order valence-electron chi connectivity index (χ2n) is 6.89. The zero-order valence-corrected chi connectivity index (χ0v) is 13.9. The van der Waals surface area contributed by atoms with E-state index in [9.17, 15) is 14.9 Å². The van der Waals surface area contributed by atoms with Crippen molar-refractivity contribution in [3.63, 3.8) is 0 Å². The molecule has 0 heterocycles. The Morgan fingerprint density at radius 2 is 1.80 bits per heavy atom. The van der Waals surface area contributed by atoms with Crippen molar-refractivity contribution >= 4 is 11.6 Å². The summed E-state index contributed by atoms with van der Waals surface area (Å²) in [7, 11) is 0. The molecule has 0 saturated heterocycles. The molecular weight excluding hydrogens is 316 g/mol. The van der Waals surface area contributed by atoms with E-state index >= 15 is 0 Å². The minimum absolute atomic E-state index is 0.0555. The summed E-state index contributed by atoms with van der Waals surface area (Å²) >= 11 is 0. The van der Waals surface area contributed by atoms with E-state index in [-0.39, 0.29) is 17.6 Å². The van der Waals surface area contributed by atoms with E-state index in [2.05, 4.69) is 23.1 Å². The number of fused-ring (bicyclic) bond motifs is 1. The van der Waals surface area contributed by atoms with E-state index < -0.39 is 4.92 Å². The molecule has 0 N–H and O–H groups in total. The number of non-ortho nitro benzene ring substituents is 1. The first-order chi connectivity index (χ1) is 12.1. The number of carbonyl (C=O) groups excluding carboxylic acids is 1. The van der Waals surface area contributed by atoms with Crippen molar-refractivity contribution in [1.29, 1.82) is 0 Å². The minimum Gasteiger partial charge on any atom is -0.332 e. The van der Waals surface area contributed by atoms with Gasteiger partial charge >= 0.3 is 0 Å². The van der Waals surface area contributed by atoms with E-state index in [0.717, 1.165) is 31.2 Å². The smallest absolute Gasteiger partial charge is 0.269 e. The Morgan fingerprint density at radius 1 is 1.08 bits per heavy atom. The van der Waals surface area contributed by atoms with Crippen LogP contribution in [0.4, 0.5) is 5.69 Å². The van der Waals surface area contributed by atoms with E-state index in [1.807, 2.05) is 6.07 Å². The van der Waals surface area contributed by atoms with Gasteiger partial charge in [0, 0.05) is 18.2 Å². The molecule has 0 bridgehead atoms. The average Bonchev–Trinajstić information content (AvgIpc) is 3.35. The lowest BCUT2D eigenvalue weighted by molar-refractivity contribution is -0.384. The van der Waals surface area contributed by atoms with Crippen molar-refractivity contribution < 1.29 is 9.72 Å². The summed E-state index contributed by atoms with van der Waals surface area (Å²) in [5, 5.41) is 10.8. The monoisotopic (exact) mass is 336 g/mol. The fourth-order valence-corrected chi connectivity index (χ4v) is 3.81. The largest absolute Gasteiger partial charge is 0.332 e. The predicted octanol–water partition coefficient (Wildman–Crippen LogP) is 3.82. The van der Waals surface area contributed by atoms with Crippen molar-refractivity contribution in [2.24, 2.45) is 0 Å². The van der Waals surface area contributed by atoms with Gasteiger partial charge in [-0.25, -0.2) is 0 Å². The van der Waals surface area contributed by atoms with Crippen LogP contribution in [0.15, 0.2) is 48.5 Å². The molecule has 4 rings (SSSR count). The van der Waals surface area contributed by atoms with Gasteiger partial charge in [0.15, 0.2) is 0 Å². The van der Waals surface area contributed by atoms with Crippen LogP contribution < -0.4 is 0 Å². The Morgan fingerprint density at radius 3 is 2.48 bits per heavy atom. The minimum atomic E-state index is -0.419. The summed E-state index contributed by atoms with van der Waals surface area (Å²) < 4.78 is 0. The highest BCUT2D eigenvalue weighted by Gasteiger charge is 2.40. The molecule has 5 heteroatoms.